The van der Waals surface area contributed by atoms with Crippen molar-refractivity contribution in [3.8, 4) is 11.3 Å². The predicted octanol–water partition coefficient (Wildman–Crippen LogP) is 4.37. The Bertz CT molecular complexity index is 1200. The number of nitrogens with one attached hydrogen (secondary N) is 2. The molecule has 4 heterocycles. The highest BCUT2D eigenvalue weighted by molar-refractivity contribution is 14.1. The van der Waals surface area contributed by atoms with E-state index in [9.17, 15) is 4.79 Å². The minimum absolute atomic E-state index is 0.0653. The quantitative estimate of drug-likeness (QED) is 0.411. The highest BCUT2D eigenvalue weighted by Gasteiger charge is 2.16. The van der Waals surface area contributed by atoms with Crippen molar-refractivity contribution in [3.05, 3.63) is 63.4 Å². The van der Waals surface area contributed by atoms with Crippen LogP contribution in [-0.2, 0) is 16.1 Å². The zero-order valence-corrected chi connectivity index (χ0v) is 21.6. The number of hydrogen-bond donors (Lipinski definition) is 2. The second-order valence-corrected chi connectivity index (χ2v) is 9.71. The standard InChI is InChI=1S/C26H28IN5O3/c27-22-16-18-3-5-21(22)23-7-9-29-26(31-23)30-20-4-6-24(32-10-13-34-14-11-32)19(15-20)17-35-12-2-1-8-28-25(18)33/h3-7,9,15-16H,1-2,8,10-14,17H2,(H,28,33)(H,29,30,31). The Kier molecular flexibility index (Phi) is 7.75. The van der Waals surface area contributed by atoms with Gasteiger partial charge in [-0.25, -0.2) is 9.97 Å². The molecule has 3 aromatic rings. The van der Waals surface area contributed by atoms with Crippen molar-refractivity contribution >= 4 is 45.8 Å². The van der Waals surface area contributed by atoms with Gasteiger partial charge in [0.05, 0.1) is 25.5 Å². The molecule has 0 unspecified atom stereocenters. The van der Waals surface area contributed by atoms with Gasteiger partial charge in [-0.1, -0.05) is 6.07 Å². The lowest BCUT2D eigenvalue weighted by atomic mass is 10.1. The van der Waals surface area contributed by atoms with Crippen LogP contribution in [0.25, 0.3) is 11.3 Å². The third kappa shape index (κ3) is 5.91. The molecule has 9 heteroatoms. The number of nitrogens with zero attached hydrogens (tertiary/aromatic N) is 3. The fourth-order valence-electron chi connectivity index (χ4n) is 4.27. The molecule has 0 atom stereocenters. The van der Waals surface area contributed by atoms with Gasteiger partial charge in [-0.05, 0) is 71.8 Å². The largest absolute Gasteiger partial charge is 0.378 e. The van der Waals surface area contributed by atoms with Gasteiger partial charge in [0.1, 0.15) is 0 Å². The van der Waals surface area contributed by atoms with Crippen molar-refractivity contribution in [3.63, 3.8) is 0 Å². The summed E-state index contributed by atoms with van der Waals surface area (Å²) >= 11 is 2.26. The molecular weight excluding hydrogens is 557 g/mol. The molecule has 2 aromatic carbocycles. The number of rotatable bonds is 1. The summed E-state index contributed by atoms with van der Waals surface area (Å²) in [7, 11) is 0. The van der Waals surface area contributed by atoms with Gasteiger partial charge >= 0.3 is 0 Å². The molecule has 0 aliphatic carbocycles. The predicted molar refractivity (Wildman–Crippen MR) is 144 cm³/mol. The molecular formula is C26H28IN5O3. The lowest BCUT2D eigenvalue weighted by Gasteiger charge is -2.31. The number of amides is 1. The van der Waals surface area contributed by atoms with Gasteiger partial charge in [0.15, 0.2) is 0 Å². The molecule has 2 N–H and O–H groups in total. The Labute approximate surface area is 218 Å². The van der Waals surface area contributed by atoms with E-state index in [1.807, 2.05) is 24.3 Å². The number of aromatic nitrogens is 2. The second-order valence-electron chi connectivity index (χ2n) is 8.54. The van der Waals surface area contributed by atoms with Crippen LogP contribution >= 0.6 is 22.6 Å². The highest BCUT2D eigenvalue weighted by atomic mass is 127. The molecule has 8 nitrogen and oxygen atoms in total. The fourth-order valence-corrected chi connectivity index (χ4v) is 5.06. The third-order valence-electron chi connectivity index (χ3n) is 6.11. The Balaban J connectivity index is 1.47. The molecule has 1 amide bonds. The summed E-state index contributed by atoms with van der Waals surface area (Å²) in [6, 6.07) is 13.9. The first-order valence-corrected chi connectivity index (χ1v) is 13.0. The summed E-state index contributed by atoms with van der Waals surface area (Å²) in [5, 5.41) is 6.37. The van der Waals surface area contributed by atoms with Gasteiger partial charge < -0.3 is 25.0 Å². The van der Waals surface area contributed by atoms with Crippen LogP contribution in [0.4, 0.5) is 17.3 Å². The fraction of sp³-hybridized carbons (Fsp3) is 0.346. The molecule has 0 radical (unpaired) electrons. The molecule has 3 aliphatic heterocycles. The van der Waals surface area contributed by atoms with Crippen LogP contribution in [0, 0.1) is 3.57 Å². The molecule has 0 saturated carbocycles. The highest BCUT2D eigenvalue weighted by Crippen LogP contribution is 2.29. The Morgan fingerprint density at radius 2 is 1.86 bits per heavy atom. The van der Waals surface area contributed by atoms with E-state index in [-0.39, 0.29) is 5.91 Å². The molecule has 6 bridgehead atoms. The van der Waals surface area contributed by atoms with Crippen LogP contribution in [0.3, 0.4) is 0 Å². The number of fused-ring (bicyclic) bond motifs is 9. The SMILES string of the molecule is O=C1NCCCCOCc2cc(ccc2N2CCOCC2)Nc2nccc(n2)-c2ccc1cc2I. The number of hydrogen-bond acceptors (Lipinski definition) is 7. The molecule has 182 valence electrons. The summed E-state index contributed by atoms with van der Waals surface area (Å²) in [5.41, 5.74) is 5.60. The topological polar surface area (TPSA) is 88.6 Å². The van der Waals surface area contributed by atoms with Crippen LogP contribution in [0.2, 0.25) is 0 Å². The number of carbonyl (C=O) groups is 1. The Morgan fingerprint density at radius 3 is 2.71 bits per heavy atom. The van der Waals surface area contributed by atoms with E-state index in [0.29, 0.717) is 31.3 Å². The smallest absolute Gasteiger partial charge is 0.251 e. The molecule has 6 rings (SSSR count). The van der Waals surface area contributed by atoms with Crippen LogP contribution in [0.15, 0.2) is 48.7 Å². The van der Waals surface area contributed by atoms with E-state index in [2.05, 4.69) is 61.3 Å². The summed E-state index contributed by atoms with van der Waals surface area (Å²) < 4.78 is 12.5. The molecule has 1 aromatic heterocycles. The zero-order valence-electron chi connectivity index (χ0n) is 19.4. The van der Waals surface area contributed by atoms with Crippen molar-refractivity contribution < 1.29 is 14.3 Å². The lowest BCUT2D eigenvalue weighted by molar-refractivity contribution is 0.0946. The Morgan fingerprint density at radius 1 is 0.971 bits per heavy atom. The van der Waals surface area contributed by atoms with E-state index < -0.39 is 0 Å². The van der Waals surface area contributed by atoms with Crippen molar-refractivity contribution in [2.24, 2.45) is 0 Å². The third-order valence-corrected chi connectivity index (χ3v) is 7.00. The van der Waals surface area contributed by atoms with Crippen LogP contribution in [-0.4, -0.2) is 55.3 Å². The monoisotopic (exact) mass is 585 g/mol. The van der Waals surface area contributed by atoms with Gasteiger partial charge in [-0.2, -0.15) is 0 Å². The van der Waals surface area contributed by atoms with E-state index in [1.54, 1.807) is 6.20 Å². The van der Waals surface area contributed by atoms with Crippen molar-refractivity contribution in [2.75, 3.05) is 49.7 Å². The van der Waals surface area contributed by atoms with Crippen molar-refractivity contribution in [1.29, 1.82) is 0 Å². The van der Waals surface area contributed by atoms with Gasteiger partial charge in [0.2, 0.25) is 5.95 Å². The first-order valence-electron chi connectivity index (χ1n) is 11.9. The second kappa shape index (κ2) is 11.3. The van der Waals surface area contributed by atoms with Crippen molar-refractivity contribution in [2.45, 2.75) is 19.4 Å². The van der Waals surface area contributed by atoms with Gasteiger partial charge in [-0.3, -0.25) is 4.79 Å². The summed E-state index contributed by atoms with van der Waals surface area (Å²) in [5.74, 6) is 0.452. The lowest BCUT2D eigenvalue weighted by Crippen LogP contribution is -2.36. The zero-order chi connectivity index (χ0) is 24.0. The number of ether oxygens (including phenoxy) is 2. The van der Waals surface area contributed by atoms with E-state index in [1.165, 1.54) is 5.69 Å². The van der Waals surface area contributed by atoms with Crippen molar-refractivity contribution in [1.82, 2.24) is 15.3 Å². The number of anilines is 3. The number of halogens is 1. The molecule has 0 spiro atoms. The summed E-state index contributed by atoms with van der Waals surface area (Å²) in [6.07, 6.45) is 3.48. The maximum Gasteiger partial charge on any atom is 0.251 e. The normalized spacial score (nSPS) is 17.1. The molecule has 1 saturated heterocycles. The summed E-state index contributed by atoms with van der Waals surface area (Å²) in [4.78, 5) is 24.1. The average molecular weight is 585 g/mol. The van der Waals surface area contributed by atoms with Gasteiger partial charge in [0, 0.05) is 64.1 Å². The summed E-state index contributed by atoms with van der Waals surface area (Å²) in [6.45, 7) is 4.95. The number of carbonyl (C=O) groups excluding carboxylic acids is 1. The van der Waals surface area contributed by atoms with Gasteiger partial charge in [-0.15, -0.1) is 0 Å². The molecule has 1 fully saturated rings. The average Bonchev–Trinajstić information content (AvgIpc) is 2.88. The minimum atomic E-state index is -0.0653. The van der Waals surface area contributed by atoms with E-state index in [4.69, 9.17) is 14.5 Å². The van der Waals surface area contributed by atoms with E-state index >= 15 is 0 Å². The molecule has 35 heavy (non-hydrogen) atoms. The maximum absolute atomic E-state index is 12.6. The Hall–Kier alpha value is -2.76. The van der Waals surface area contributed by atoms with Crippen LogP contribution < -0.4 is 15.5 Å². The van der Waals surface area contributed by atoms with E-state index in [0.717, 1.165) is 65.2 Å². The first kappa shape index (κ1) is 24.0. The first-order chi connectivity index (χ1) is 17.2. The van der Waals surface area contributed by atoms with Crippen LogP contribution in [0.1, 0.15) is 28.8 Å². The van der Waals surface area contributed by atoms with Gasteiger partial charge in [0.25, 0.3) is 5.91 Å². The molecule has 3 aliphatic rings. The maximum atomic E-state index is 12.6. The number of benzene rings is 2. The van der Waals surface area contributed by atoms with Crippen LogP contribution in [0.5, 0.6) is 0 Å². The number of morpholine rings is 1. The minimum Gasteiger partial charge on any atom is -0.378 e.